The molecule has 3 heterocycles. The second-order valence-corrected chi connectivity index (χ2v) is 11.7. The number of carbonyl (C=O) groups excluding carboxylic acids is 1. The SMILES string of the molecule is CC(=O)N1CCC2CCCC(NC3CCNC(NC4CCCC(N5CCN(C)CC5)C4)C3)C21. The van der Waals surface area contributed by atoms with Crippen molar-refractivity contribution in [3.63, 3.8) is 0 Å². The monoisotopic (exact) mass is 460 g/mol. The molecule has 2 saturated carbocycles. The second-order valence-electron chi connectivity index (χ2n) is 11.7. The van der Waals surface area contributed by atoms with Crippen LogP contribution in [0, 0.1) is 5.92 Å². The van der Waals surface area contributed by atoms with E-state index in [1.54, 1.807) is 6.92 Å². The van der Waals surface area contributed by atoms with Crippen molar-refractivity contribution in [3.05, 3.63) is 0 Å². The molecule has 3 aliphatic heterocycles. The zero-order valence-electron chi connectivity index (χ0n) is 21.1. The Labute approximate surface area is 201 Å². The molecule has 7 heteroatoms. The van der Waals surface area contributed by atoms with Crippen molar-refractivity contribution in [2.24, 2.45) is 5.92 Å². The molecule has 0 spiro atoms. The van der Waals surface area contributed by atoms with Crippen LogP contribution in [0.25, 0.3) is 0 Å². The first-order valence-corrected chi connectivity index (χ1v) is 14.0. The first-order valence-electron chi connectivity index (χ1n) is 14.0. The van der Waals surface area contributed by atoms with Crippen molar-refractivity contribution in [1.29, 1.82) is 0 Å². The summed E-state index contributed by atoms with van der Waals surface area (Å²) >= 11 is 0. The van der Waals surface area contributed by atoms with E-state index in [1.165, 1.54) is 84.0 Å². The van der Waals surface area contributed by atoms with Crippen LogP contribution in [0.3, 0.4) is 0 Å². The molecule has 7 nitrogen and oxygen atoms in total. The Hall–Kier alpha value is -0.730. The molecule has 3 saturated heterocycles. The van der Waals surface area contributed by atoms with Gasteiger partial charge in [-0.05, 0) is 70.9 Å². The minimum Gasteiger partial charge on any atom is -0.338 e. The van der Waals surface area contributed by atoms with Gasteiger partial charge in [0.05, 0.1) is 6.17 Å². The summed E-state index contributed by atoms with van der Waals surface area (Å²) in [7, 11) is 2.25. The van der Waals surface area contributed by atoms with Crippen LogP contribution in [0.15, 0.2) is 0 Å². The lowest BCUT2D eigenvalue weighted by molar-refractivity contribution is -0.131. The maximum Gasteiger partial charge on any atom is 0.219 e. The van der Waals surface area contributed by atoms with Gasteiger partial charge in [-0.25, -0.2) is 0 Å². The molecule has 7 unspecified atom stereocenters. The van der Waals surface area contributed by atoms with E-state index < -0.39 is 0 Å². The minimum absolute atomic E-state index is 0.272. The van der Waals surface area contributed by atoms with Crippen LogP contribution < -0.4 is 16.0 Å². The molecular formula is C26H48N6O. The van der Waals surface area contributed by atoms with Gasteiger partial charge in [-0.1, -0.05) is 12.8 Å². The molecular weight excluding hydrogens is 412 g/mol. The van der Waals surface area contributed by atoms with Crippen molar-refractivity contribution in [2.75, 3.05) is 46.3 Å². The molecule has 0 radical (unpaired) electrons. The van der Waals surface area contributed by atoms with Crippen molar-refractivity contribution < 1.29 is 4.79 Å². The molecule has 7 atom stereocenters. The average Bonchev–Trinajstić information content (AvgIpc) is 3.26. The standard InChI is InChI=1S/C26H48N6O/c1-19(33)32-12-10-20-5-3-8-24(26(20)32)28-22-9-11-27-25(18-22)29-21-6-4-7-23(17-21)31-15-13-30(2)14-16-31/h20-29H,3-18H2,1-2H3. The van der Waals surface area contributed by atoms with Gasteiger partial charge in [0.15, 0.2) is 0 Å². The molecule has 33 heavy (non-hydrogen) atoms. The van der Waals surface area contributed by atoms with Crippen molar-refractivity contribution in [2.45, 2.75) is 108 Å². The third-order valence-electron chi connectivity index (χ3n) is 9.48. The summed E-state index contributed by atoms with van der Waals surface area (Å²) in [5.74, 6) is 0.984. The largest absolute Gasteiger partial charge is 0.338 e. The Balaban J connectivity index is 1.12. The first kappa shape index (κ1) is 24.0. The van der Waals surface area contributed by atoms with Gasteiger partial charge in [-0.2, -0.15) is 0 Å². The number of piperazine rings is 1. The minimum atomic E-state index is 0.272. The van der Waals surface area contributed by atoms with E-state index in [0.29, 0.717) is 36.3 Å². The Kier molecular flexibility index (Phi) is 7.92. The zero-order valence-corrected chi connectivity index (χ0v) is 21.1. The number of fused-ring (bicyclic) bond motifs is 1. The lowest BCUT2D eigenvalue weighted by atomic mass is 9.80. The summed E-state index contributed by atoms with van der Waals surface area (Å²) in [6.07, 6.45) is 13.2. The summed E-state index contributed by atoms with van der Waals surface area (Å²) in [4.78, 5) is 19.6. The zero-order chi connectivity index (χ0) is 22.8. The normalized spacial score (nSPS) is 41.2. The van der Waals surface area contributed by atoms with E-state index in [-0.39, 0.29) is 5.91 Å². The number of likely N-dealkylation sites (N-methyl/N-ethyl adjacent to an activating group) is 1. The van der Waals surface area contributed by atoms with Crippen LogP contribution in [0.1, 0.15) is 71.1 Å². The lowest BCUT2D eigenvalue weighted by Crippen LogP contribution is -2.60. The van der Waals surface area contributed by atoms with E-state index in [9.17, 15) is 4.79 Å². The summed E-state index contributed by atoms with van der Waals surface area (Å²) in [5.41, 5.74) is 0. The number of nitrogens with one attached hydrogen (secondary N) is 3. The molecule has 188 valence electrons. The van der Waals surface area contributed by atoms with E-state index in [2.05, 4.69) is 37.7 Å². The van der Waals surface area contributed by atoms with Crippen LogP contribution in [0.2, 0.25) is 0 Å². The molecule has 5 aliphatic rings. The first-order chi connectivity index (χ1) is 16.1. The predicted molar refractivity (Wildman–Crippen MR) is 133 cm³/mol. The fourth-order valence-corrected chi connectivity index (χ4v) is 7.68. The number of nitrogens with zero attached hydrogens (tertiary/aromatic N) is 3. The van der Waals surface area contributed by atoms with Crippen molar-refractivity contribution >= 4 is 5.91 Å². The molecule has 0 aromatic carbocycles. The van der Waals surface area contributed by atoms with E-state index in [4.69, 9.17) is 0 Å². The Bertz CT molecular complexity index is 653. The van der Waals surface area contributed by atoms with Gasteiger partial charge in [0.1, 0.15) is 0 Å². The average molecular weight is 461 g/mol. The lowest BCUT2D eigenvalue weighted by Gasteiger charge is -2.44. The topological polar surface area (TPSA) is 62.9 Å². The maximum atomic E-state index is 12.2. The molecule has 5 fully saturated rings. The number of piperidine rings is 1. The molecule has 2 aliphatic carbocycles. The van der Waals surface area contributed by atoms with Gasteiger partial charge in [0.2, 0.25) is 5.91 Å². The predicted octanol–water partition coefficient (Wildman–Crippen LogP) is 1.59. The van der Waals surface area contributed by atoms with Crippen LogP contribution >= 0.6 is 0 Å². The Morgan fingerprint density at radius 1 is 0.848 bits per heavy atom. The molecule has 3 N–H and O–H groups in total. The molecule has 0 aromatic rings. The van der Waals surface area contributed by atoms with E-state index >= 15 is 0 Å². The number of hydrogen-bond donors (Lipinski definition) is 3. The van der Waals surface area contributed by atoms with Crippen LogP contribution in [0.4, 0.5) is 0 Å². The highest BCUT2D eigenvalue weighted by Crippen LogP contribution is 2.37. The fourth-order valence-electron chi connectivity index (χ4n) is 7.68. The highest BCUT2D eigenvalue weighted by atomic mass is 16.2. The van der Waals surface area contributed by atoms with Gasteiger partial charge in [-0.15, -0.1) is 0 Å². The van der Waals surface area contributed by atoms with Gasteiger partial charge >= 0.3 is 0 Å². The highest BCUT2D eigenvalue weighted by Gasteiger charge is 2.43. The van der Waals surface area contributed by atoms with Crippen molar-refractivity contribution in [3.8, 4) is 0 Å². The van der Waals surface area contributed by atoms with Gasteiger partial charge in [0.25, 0.3) is 0 Å². The van der Waals surface area contributed by atoms with Gasteiger partial charge in [-0.3, -0.25) is 15.0 Å². The van der Waals surface area contributed by atoms with Crippen LogP contribution in [0.5, 0.6) is 0 Å². The number of likely N-dealkylation sites (tertiary alicyclic amines) is 1. The summed E-state index contributed by atoms with van der Waals surface area (Å²) < 4.78 is 0. The second kappa shape index (κ2) is 10.9. The maximum absolute atomic E-state index is 12.2. The number of amides is 1. The third kappa shape index (κ3) is 5.75. The molecule has 1 amide bonds. The smallest absolute Gasteiger partial charge is 0.219 e. The summed E-state index contributed by atoms with van der Waals surface area (Å²) in [6.45, 7) is 8.73. The van der Waals surface area contributed by atoms with Crippen LogP contribution in [-0.4, -0.2) is 103 Å². The summed E-state index contributed by atoms with van der Waals surface area (Å²) in [5, 5.41) is 11.9. The number of rotatable bonds is 5. The number of carbonyl (C=O) groups is 1. The Morgan fingerprint density at radius 3 is 2.45 bits per heavy atom. The Morgan fingerprint density at radius 2 is 1.64 bits per heavy atom. The van der Waals surface area contributed by atoms with E-state index in [1.807, 2.05) is 0 Å². The van der Waals surface area contributed by atoms with E-state index in [0.717, 1.165) is 25.6 Å². The molecule has 0 aromatic heterocycles. The molecule has 5 rings (SSSR count). The van der Waals surface area contributed by atoms with Gasteiger partial charge in [0, 0.05) is 69.9 Å². The quantitative estimate of drug-likeness (QED) is 0.579. The third-order valence-corrected chi connectivity index (χ3v) is 9.48. The van der Waals surface area contributed by atoms with Gasteiger partial charge < -0.3 is 20.4 Å². The molecule has 0 bridgehead atoms. The fraction of sp³-hybridized carbons (Fsp3) is 0.962. The van der Waals surface area contributed by atoms with Crippen molar-refractivity contribution in [1.82, 2.24) is 30.7 Å². The number of hydrogen-bond acceptors (Lipinski definition) is 6. The van der Waals surface area contributed by atoms with Crippen LogP contribution in [-0.2, 0) is 4.79 Å². The highest BCUT2D eigenvalue weighted by molar-refractivity contribution is 5.74. The summed E-state index contributed by atoms with van der Waals surface area (Å²) in [6, 6.07) is 2.87.